The number of hydrogen-bond acceptors (Lipinski definition) is 9. The number of nitrogens with one attached hydrogen (secondary N) is 1. The fourth-order valence-corrected chi connectivity index (χ4v) is 4.16. The van der Waals surface area contributed by atoms with Crippen LogP contribution in [0.15, 0.2) is 45.6 Å². The molecule has 212 valence electrons. The lowest BCUT2D eigenvalue weighted by Crippen LogP contribution is -2.45. The van der Waals surface area contributed by atoms with Crippen molar-refractivity contribution < 1.29 is 42.9 Å². The Morgan fingerprint density at radius 2 is 1.77 bits per heavy atom. The van der Waals surface area contributed by atoms with Gasteiger partial charge in [-0.3, -0.25) is 9.59 Å². The first-order valence-corrected chi connectivity index (χ1v) is 12.8. The summed E-state index contributed by atoms with van der Waals surface area (Å²) in [7, 11) is 0. The van der Waals surface area contributed by atoms with Gasteiger partial charge in [0.2, 0.25) is 5.43 Å². The zero-order valence-corrected chi connectivity index (χ0v) is 22.7. The Kier molecular flexibility index (Phi) is 8.32. The second-order valence-corrected chi connectivity index (χ2v) is 10.3. The van der Waals surface area contributed by atoms with Gasteiger partial charge in [0, 0.05) is 18.9 Å². The SMILES string of the molecule is Cc1oc2cc(OC(=O)C(CCC(=O)O)NC(=O)OC(C)(C)C)ccc2c(=O)c1-c1ccc2c(c1)OCCCO2. The number of esters is 1. The van der Waals surface area contributed by atoms with Gasteiger partial charge in [-0.15, -0.1) is 0 Å². The zero-order valence-electron chi connectivity index (χ0n) is 22.7. The molecule has 4 rings (SSSR count). The summed E-state index contributed by atoms with van der Waals surface area (Å²) < 4.78 is 28.0. The standard InChI is InChI=1S/C29H31NO10/c1-16-25(17-6-10-21-23(14-17)37-13-5-12-36-21)26(33)19-8-7-18(15-22(19)38-16)39-27(34)20(9-11-24(31)32)30-28(35)40-29(2,3)4/h6-8,10,14-15,20H,5,9,11-13H2,1-4H3,(H,30,35)(H,31,32). The summed E-state index contributed by atoms with van der Waals surface area (Å²) in [5, 5.41) is 11.7. The molecule has 1 aliphatic heterocycles. The van der Waals surface area contributed by atoms with Crippen molar-refractivity contribution in [3.63, 3.8) is 0 Å². The number of carboxylic acid groups (broad SMARTS) is 1. The molecule has 0 fully saturated rings. The molecule has 1 aromatic heterocycles. The molecule has 2 aromatic carbocycles. The molecule has 0 radical (unpaired) electrons. The van der Waals surface area contributed by atoms with Gasteiger partial charge in [0.15, 0.2) is 11.5 Å². The number of carbonyl (C=O) groups is 3. The van der Waals surface area contributed by atoms with E-state index in [2.05, 4.69) is 5.32 Å². The van der Waals surface area contributed by atoms with E-state index in [4.69, 9.17) is 28.5 Å². The van der Waals surface area contributed by atoms with Crippen LogP contribution in [0.5, 0.6) is 17.2 Å². The monoisotopic (exact) mass is 553 g/mol. The topological polar surface area (TPSA) is 151 Å². The molecule has 2 N–H and O–H groups in total. The third-order valence-corrected chi connectivity index (χ3v) is 5.92. The molecule has 0 saturated heterocycles. The number of carbonyl (C=O) groups excluding carboxylic acids is 2. The number of hydrogen-bond donors (Lipinski definition) is 2. The van der Waals surface area contributed by atoms with E-state index in [1.807, 2.05) is 0 Å². The van der Waals surface area contributed by atoms with Crippen LogP contribution in [0.2, 0.25) is 0 Å². The Morgan fingerprint density at radius 3 is 2.48 bits per heavy atom. The van der Waals surface area contributed by atoms with Gasteiger partial charge in [0.1, 0.15) is 28.7 Å². The van der Waals surface area contributed by atoms with E-state index in [9.17, 15) is 19.2 Å². The van der Waals surface area contributed by atoms with Crippen LogP contribution in [0.1, 0.15) is 45.8 Å². The molecule has 1 amide bonds. The third-order valence-electron chi connectivity index (χ3n) is 5.92. The molecule has 11 heteroatoms. The molecule has 1 atom stereocenters. The van der Waals surface area contributed by atoms with Crippen molar-refractivity contribution in [1.29, 1.82) is 0 Å². The minimum absolute atomic E-state index is 0.0506. The van der Waals surface area contributed by atoms with E-state index in [0.29, 0.717) is 41.6 Å². The highest BCUT2D eigenvalue weighted by molar-refractivity contribution is 5.87. The van der Waals surface area contributed by atoms with E-state index in [-0.39, 0.29) is 35.0 Å². The maximum absolute atomic E-state index is 13.5. The van der Waals surface area contributed by atoms with Gasteiger partial charge < -0.3 is 33.8 Å². The Balaban J connectivity index is 1.59. The van der Waals surface area contributed by atoms with E-state index >= 15 is 0 Å². The fourth-order valence-electron chi connectivity index (χ4n) is 4.16. The lowest BCUT2D eigenvalue weighted by Gasteiger charge is -2.22. The molecular formula is C29H31NO10. The Bertz CT molecular complexity index is 1500. The van der Waals surface area contributed by atoms with Crippen molar-refractivity contribution >= 4 is 29.0 Å². The summed E-state index contributed by atoms with van der Waals surface area (Å²) in [6.07, 6.45) is -0.731. The maximum Gasteiger partial charge on any atom is 0.408 e. The molecule has 0 aliphatic carbocycles. The molecule has 1 unspecified atom stereocenters. The first-order valence-electron chi connectivity index (χ1n) is 12.8. The van der Waals surface area contributed by atoms with E-state index < -0.39 is 29.7 Å². The average molecular weight is 554 g/mol. The molecular weight excluding hydrogens is 522 g/mol. The van der Waals surface area contributed by atoms with Crippen LogP contribution in [-0.4, -0.2) is 48.0 Å². The molecule has 1 aliphatic rings. The lowest BCUT2D eigenvalue weighted by molar-refractivity contribution is -0.139. The third kappa shape index (κ3) is 6.90. The largest absolute Gasteiger partial charge is 0.490 e. The van der Waals surface area contributed by atoms with Gasteiger partial charge in [-0.1, -0.05) is 6.07 Å². The Morgan fingerprint density at radius 1 is 1.05 bits per heavy atom. The first-order chi connectivity index (χ1) is 18.9. The van der Waals surface area contributed by atoms with Crippen molar-refractivity contribution in [1.82, 2.24) is 5.32 Å². The van der Waals surface area contributed by atoms with E-state index in [1.54, 1.807) is 45.9 Å². The predicted octanol–water partition coefficient (Wildman–Crippen LogP) is 4.59. The summed E-state index contributed by atoms with van der Waals surface area (Å²) in [4.78, 5) is 49.6. The highest BCUT2D eigenvalue weighted by atomic mass is 16.6. The fraction of sp³-hybridized carbons (Fsp3) is 0.379. The van der Waals surface area contributed by atoms with Crippen molar-refractivity contribution in [2.45, 2.75) is 58.6 Å². The number of rotatable bonds is 7. The minimum Gasteiger partial charge on any atom is -0.490 e. The summed E-state index contributed by atoms with van der Waals surface area (Å²) >= 11 is 0. The highest BCUT2D eigenvalue weighted by Crippen LogP contribution is 2.35. The average Bonchev–Trinajstić information content (AvgIpc) is 3.10. The molecule has 40 heavy (non-hydrogen) atoms. The smallest absolute Gasteiger partial charge is 0.408 e. The van der Waals surface area contributed by atoms with Crippen LogP contribution < -0.4 is 25.0 Å². The lowest BCUT2D eigenvalue weighted by atomic mass is 10.0. The number of aliphatic carboxylic acids is 1. The molecule has 3 aromatic rings. The van der Waals surface area contributed by atoms with E-state index in [1.165, 1.54) is 18.2 Å². The molecule has 2 heterocycles. The first kappa shape index (κ1) is 28.5. The van der Waals surface area contributed by atoms with Gasteiger partial charge in [-0.25, -0.2) is 9.59 Å². The number of fused-ring (bicyclic) bond motifs is 2. The summed E-state index contributed by atoms with van der Waals surface area (Å²) in [5.41, 5.74) is 0.0626. The van der Waals surface area contributed by atoms with Gasteiger partial charge >= 0.3 is 18.0 Å². The Hall–Kier alpha value is -4.54. The van der Waals surface area contributed by atoms with Crippen LogP contribution in [0.4, 0.5) is 4.79 Å². The van der Waals surface area contributed by atoms with Gasteiger partial charge in [-0.05, 0) is 63.9 Å². The van der Waals surface area contributed by atoms with Crippen LogP contribution in [0.25, 0.3) is 22.1 Å². The van der Waals surface area contributed by atoms with Gasteiger partial charge in [-0.2, -0.15) is 0 Å². The van der Waals surface area contributed by atoms with Crippen molar-refractivity contribution in [2.75, 3.05) is 13.2 Å². The molecule has 0 spiro atoms. The van der Waals surface area contributed by atoms with Crippen LogP contribution in [-0.2, 0) is 14.3 Å². The molecule has 0 bridgehead atoms. The van der Waals surface area contributed by atoms with Crippen molar-refractivity contribution in [3.05, 3.63) is 52.4 Å². The normalized spacial score (nSPS) is 13.7. The highest BCUT2D eigenvalue weighted by Gasteiger charge is 2.27. The number of carboxylic acids is 1. The number of amides is 1. The second kappa shape index (κ2) is 11.7. The summed E-state index contributed by atoms with van der Waals surface area (Å²) in [6.45, 7) is 7.68. The van der Waals surface area contributed by atoms with Crippen LogP contribution in [0, 0.1) is 6.92 Å². The number of benzene rings is 2. The zero-order chi connectivity index (χ0) is 29.0. The Labute approximate surface area is 230 Å². The van der Waals surface area contributed by atoms with Crippen molar-refractivity contribution in [2.24, 2.45) is 0 Å². The van der Waals surface area contributed by atoms with Crippen LogP contribution in [0.3, 0.4) is 0 Å². The number of ether oxygens (including phenoxy) is 4. The second-order valence-electron chi connectivity index (χ2n) is 10.3. The molecule has 11 nitrogen and oxygen atoms in total. The van der Waals surface area contributed by atoms with Crippen LogP contribution >= 0.6 is 0 Å². The quantitative estimate of drug-likeness (QED) is 0.314. The van der Waals surface area contributed by atoms with Crippen molar-refractivity contribution in [3.8, 4) is 28.4 Å². The van der Waals surface area contributed by atoms with E-state index in [0.717, 1.165) is 6.42 Å². The number of aryl methyl sites for hydroxylation is 1. The summed E-state index contributed by atoms with van der Waals surface area (Å²) in [5.74, 6) is -0.478. The van der Waals surface area contributed by atoms with Gasteiger partial charge in [0.25, 0.3) is 0 Å². The maximum atomic E-state index is 13.5. The molecule has 0 saturated carbocycles. The predicted molar refractivity (Wildman–Crippen MR) is 144 cm³/mol. The minimum atomic E-state index is -1.28. The number of alkyl carbamates (subject to hydrolysis) is 1. The van der Waals surface area contributed by atoms with Gasteiger partial charge in [0.05, 0.1) is 24.2 Å². The summed E-state index contributed by atoms with van der Waals surface area (Å²) in [6, 6.07) is 8.28.